The molecule has 6 nitrogen and oxygen atoms in total. The van der Waals surface area contributed by atoms with Gasteiger partial charge in [0.1, 0.15) is 11.3 Å². The van der Waals surface area contributed by atoms with Crippen LogP contribution in [0.5, 0.6) is 5.75 Å². The van der Waals surface area contributed by atoms with Crippen LogP contribution in [0.3, 0.4) is 0 Å². The molecular formula is C19H23NO5. The van der Waals surface area contributed by atoms with Crippen LogP contribution >= 0.6 is 0 Å². The van der Waals surface area contributed by atoms with Crippen LogP contribution in [-0.4, -0.2) is 41.7 Å². The van der Waals surface area contributed by atoms with Gasteiger partial charge in [-0.25, -0.2) is 4.79 Å². The fourth-order valence-corrected chi connectivity index (χ4v) is 2.72. The zero-order valence-electron chi connectivity index (χ0n) is 15.0. The van der Waals surface area contributed by atoms with E-state index in [4.69, 9.17) is 9.47 Å². The molecule has 6 heteroatoms. The van der Waals surface area contributed by atoms with E-state index in [1.807, 2.05) is 18.4 Å². The predicted octanol–water partition coefficient (Wildman–Crippen LogP) is 2.81. The number of hydrogen-bond acceptors (Lipinski definition) is 5. The Balaban J connectivity index is 2.08. The number of aromatic hydroxyl groups is 1. The third kappa shape index (κ3) is 4.09. The molecule has 0 unspecified atom stereocenters. The van der Waals surface area contributed by atoms with Gasteiger partial charge < -0.3 is 19.1 Å². The zero-order chi connectivity index (χ0) is 18.6. The number of nitrogens with zero attached hydrogens (tertiary/aromatic N) is 1. The minimum atomic E-state index is -0.720. The molecule has 0 spiro atoms. The molecule has 0 saturated heterocycles. The van der Waals surface area contributed by atoms with Gasteiger partial charge in [0.05, 0.1) is 6.61 Å². The van der Waals surface area contributed by atoms with E-state index in [9.17, 15) is 14.7 Å². The van der Waals surface area contributed by atoms with Crippen molar-refractivity contribution in [2.45, 2.75) is 27.3 Å². The molecule has 0 bridgehead atoms. The van der Waals surface area contributed by atoms with Crippen molar-refractivity contribution in [1.29, 1.82) is 0 Å². The molecule has 1 aromatic carbocycles. The number of aromatic nitrogens is 1. The van der Waals surface area contributed by atoms with Crippen molar-refractivity contribution < 1.29 is 24.2 Å². The summed E-state index contributed by atoms with van der Waals surface area (Å²) in [5.74, 6) is -1.13. The van der Waals surface area contributed by atoms with Crippen LogP contribution in [-0.2, 0) is 16.0 Å². The summed E-state index contributed by atoms with van der Waals surface area (Å²) in [6.07, 6.45) is 0. The maximum atomic E-state index is 12.4. The number of phenols is 1. The number of methoxy groups -OCH3 is 1. The molecule has 1 N–H and O–H groups in total. The van der Waals surface area contributed by atoms with Crippen LogP contribution in [0.2, 0.25) is 0 Å². The van der Waals surface area contributed by atoms with Crippen LogP contribution < -0.4 is 0 Å². The van der Waals surface area contributed by atoms with Gasteiger partial charge in [-0.2, -0.15) is 0 Å². The number of benzene rings is 1. The Morgan fingerprint density at radius 2 is 1.88 bits per heavy atom. The van der Waals surface area contributed by atoms with Gasteiger partial charge in [0.2, 0.25) is 5.78 Å². The molecule has 0 aliphatic carbocycles. The third-order valence-electron chi connectivity index (χ3n) is 4.19. The number of rotatable bonds is 7. The van der Waals surface area contributed by atoms with Crippen molar-refractivity contribution in [3.63, 3.8) is 0 Å². The number of hydrogen-bond donors (Lipinski definition) is 1. The fraction of sp³-hybridized carbons (Fsp3) is 0.368. The number of aryl methyl sites for hydroxylation is 2. The summed E-state index contributed by atoms with van der Waals surface area (Å²) in [6, 6.07) is 6.58. The standard InChI is InChI=1S/C19H23NO5/c1-12-6-5-7-15(18(12)22)19(23)25-11-17(21)16-10-13(2)20(14(16)3)8-9-24-4/h5-7,10,22H,8-9,11H2,1-4H3. The number of ether oxygens (including phenoxy) is 2. The molecule has 0 radical (unpaired) electrons. The summed E-state index contributed by atoms with van der Waals surface area (Å²) in [5, 5.41) is 9.92. The molecule has 2 rings (SSSR count). The first-order chi connectivity index (χ1) is 11.9. The average molecular weight is 345 g/mol. The summed E-state index contributed by atoms with van der Waals surface area (Å²) in [5.41, 5.74) is 2.91. The van der Waals surface area contributed by atoms with E-state index >= 15 is 0 Å². The van der Waals surface area contributed by atoms with Crippen molar-refractivity contribution in [2.75, 3.05) is 20.3 Å². The number of carbonyl (C=O) groups is 2. The second-order valence-electron chi connectivity index (χ2n) is 5.90. The molecule has 0 aliphatic rings. The Morgan fingerprint density at radius 1 is 1.16 bits per heavy atom. The number of phenolic OH excluding ortho intramolecular Hbond substituents is 1. The van der Waals surface area contributed by atoms with E-state index in [1.54, 1.807) is 32.2 Å². The smallest absolute Gasteiger partial charge is 0.342 e. The molecular weight excluding hydrogens is 322 g/mol. The SMILES string of the molecule is COCCn1c(C)cc(C(=O)COC(=O)c2cccc(C)c2O)c1C. The van der Waals surface area contributed by atoms with Gasteiger partial charge in [-0.05, 0) is 38.5 Å². The minimum absolute atomic E-state index is 0.0540. The number of para-hydroxylation sites is 1. The van der Waals surface area contributed by atoms with Crippen molar-refractivity contribution in [2.24, 2.45) is 0 Å². The van der Waals surface area contributed by atoms with Gasteiger partial charge in [0, 0.05) is 30.6 Å². The lowest BCUT2D eigenvalue weighted by Crippen LogP contribution is -2.15. The first-order valence-electron chi connectivity index (χ1n) is 8.01. The van der Waals surface area contributed by atoms with Crippen LogP contribution in [0, 0.1) is 20.8 Å². The lowest BCUT2D eigenvalue weighted by atomic mass is 10.1. The van der Waals surface area contributed by atoms with Gasteiger partial charge >= 0.3 is 5.97 Å². The van der Waals surface area contributed by atoms with E-state index in [0.717, 1.165) is 11.4 Å². The molecule has 1 heterocycles. The largest absolute Gasteiger partial charge is 0.507 e. The fourth-order valence-electron chi connectivity index (χ4n) is 2.72. The molecule has 0 fully saturated rings. The maximum absolute atomic E-state index is 12.4. The van der Waals surface area contributed by atoms with Crippen molar-refractivity contribution in [3.05, 3.63) is 52.3 Å². The molecule has 0 amide bonds. The van der Waals surface area contributed by atoms with Gasteiger partial charge in [-0.1, -0.05) is 12.1 Å². The van der Waals surface area contributed by atoms with Crippen molar-refractivity contribution >= 4 is 11.8 Å². The highest BCUT2D eigenvalue weighted by atomic mass is 16.5. The monoisotopic (exact) mass is 345 g/mol. The Bertz CT molecular complexity index is 791. The van der Waals surface area contributed by atoms with Gasteiger partial charge in [-0.3, -0.25) is 4.79 Å². The minimum Gasteiger partial charge on any atom is -0.507 e. The Kier molecular flexibility index (Phi) is 5.98. The summed E-state index contributed by atoms with van der Waals surface area (Å²) in [7, 11) is 1.63. The first kappa shape index (κ1) is 18.7. The van der Waals surface area contributed by atoms with Crippen molar-refractivity contribution in [1.82, 2.24) is 4.57 Å². The molecule has 0 atom stereocenters. The van der Waals surface area contributed by atoms with E-state index < -0.39 is 5.97 Å². The van der Waals surface area contributed by atoms with E-state index in [-0.39, 0.29) is 23.7 Å². The quantitative estimate of drug-likeness (QED) is 0.617. The third-order valence-corrected chi connectivity index (χ3v) is 4.19. The molecule has 0 aliphatic heterocycles. The van der Waals surface area contributed by atoms with Crippen LogP contribution in [0.25, 0.3) is 0 Å². The molecule has 1 aromatic heterocycles. The molecule has 2 aromatic rings. The second-order valence-corrected chi connectivity index (χ2v) is 5.90. The summed E-state index contributed by atoms with van der Waals surface area (Å²) in [6.45, 7) is 6.28. The Hall–Kier alpha value is -2.60. The van der Waals surface area contributed by atoms with Crippen LogP contribution in [0.4, 0.5) is 0 Å². The van der Waals surface area contributed by atoms with Crippen LogP contribution in [0.1, 0.15) is 37.7 Å². The highest BCUT2D eigenvalue weighted by molar-refractivity contribution is 6.01. The van der Waals surface area contributed by atoms with Gasteiger partial charge in [0.25, 0.3) is 0 Å². The highest BCUT2D eigenvalue weighted by Crippen LogP contribution is 2.22. The zero-order valence-corrected chi connectivity index (χ0v) is 15.0. The summed E-state index contributed by atoms with van der Waals surface area (Å²) in [4.78, 5) is 24.5. The second kappa shape index (κ2) is 7.98. The van der Waals surface area contributed by atoms with E-state index in [0.29, 0.717) is 24.3 Å². The number of Topliss-reactive ketones (excluding diaryl/α,β-unsaturated/α-hetero) is 1. The lowest BCUT2D eigenvalue weighted by molar-refractivity contribution is 0.0471. The Labute approximate surface area is 147 Å². The number of ketones is 1. The van der Waals surface area contributed by atoms with Gasteiger partial charge in [-0.15, -0.1) is 0 Å². The summed E-state index contributed by atoms with van der Waals surface area (Å²) >= 11 is 0. The lowest BCUT2D eigenvalue weighted by Gasteiger charge is -2.09. The van der Waals surface area contributed by atoms with Crippen LogP contribution in [0.15, 0.2) is 24.3 Å². The van der Waals surface area contributed by atoms with E-state index in [2.05, 4.69) is 0 Å². The number of carbonyl (C=O) groups excluding carboxylic acids is 2. The Morgan fingerprint density at radius 3 is 2.56 bits per heavy atom. The van der Waals surface area contributed by atoms with Gasteiger partial charge in [0.15, 0.2) is 6.61 Å². The normalized spacial score (nSPS) is 10.7. The summed E-state index contributed by atoms with van der Waals surface area (Å²) < 4.78 is 12.1. The molecule has 134 valence electrons. The maximum Gasteiger partial charge on any atom is 0.342 e. The van der Waals surface area contributed by atoms with Crippen molar-refractivity contribution in [3.8, 4) is 5.75 Å². The number of esters is 1. The predicted molar refractivity (Wildman–Crippen MR) is 93.2 cm³/mol. The average Bonchev–Trinajstić information content (AvgIpc) is 2.87. The molecule has 0 saturated carbocycles. The first-order valence-corrected chi connectivity index (χ1v) is 8.01. The highest BCUT2D eigenvalue weighted by Gasteiger charge is 2.19. The topological polar surface area (TPSA) is 77.8 Å². The molecule has 25 heavy (non-hydrogen) atoms. The van der Waals surface area contributed by atoms with E-state index in [1.165, 1.54) is 6.07 Å².